The molecule has 0 spiro atoms. The molecule has 1 fully saturated rings. The molecule has 17 heavy (non-hydrogen) atoms. The summed E-state index contributed by atoms with van der Waals surface area (Å²) < 4.78 is 8.93. The molecular formula is C13H17N3Se. The van der Waals surface area contributed by atoms with Gasteiger partial charge in [0.15, 0.2) is 0 Å². The molecule has 0 amide bonds. The minimum atomic E-state index is 0.0706. The zero-order valence-electron chi connectivity index (χ0n) is 10.0. The van der Waals surface area contributed by atoms with Gasteiger partial charge in [-0.25, -0.2) is 0 Å². The van der Waals surface area contributed by atoms with E-state index in [1.807, 2.05) is 0 Å². The van der Waals surface area contributed by atoms with Gasteiger partial charge in [-0.3, -0.25) is 0 Å². The SMILES string of the molecule is CC1CCC(Nc2cccc3n[se]nc23)CC1. The number of benzene rings is 1. The maximum absolute atomic E-state index is 4.51. The van der Waals surface area contributed by atoms with Crippen molar-refractivity contribution in [1.82, 2.24) is 7.96 Å². The van der Waals surface area contributed by atoms with Crippen molar-refractivity contribution < 1.29 is 0 Å². The molecule has 1 aromatic heterocycles. The summed E-state index contributed by atoms with van der Waals surface area (Å²) in [5.74, 6) is 0.901. The summed E-state index contributed by atoms with van der Waals surface area (Å²) in [5.41, 5.74) is 3.34. The monoisotopic (exact) mass is 295 g/mol. The van der Waals surface area contributed by atoms with Crippen LogP contribution in [0.3, 0.4) is 0 Å². The molecule has 0 radical (unpaired) electrons. The molecule has 0 bridgehead atoms. The molecule has 0 atom stereocenters. The van der Waals surface area contributed by atoms with E-state index in [9.17, 15) is 0 Å². The first-order chi connectivity index (χ1) is 8.33. The van der Waals surface area contributed by atoms with Crippen molar-refractivity contribution in [2.75, 3.05) is 5.32 Å². The first kappa shape index (κ1) is 11.2. The summed E-state index contributed by atoms with van der Waals surface area (Å²) in [6, 6.07) is 6.90. The molecule has 2 aromatic rings. The van der Waals surface area contributed by atoms with Crippen LogP contribution < -0.4 is 5.32 Å². The second-order valence-electron chi connectivity index (χ2n) is 5.04. The predicted molar refractivity (Wildman–Crippen MR) is 71.5 cm³/mol. The molecule has 1 aromatic carbocycles. The van der Waals surface area contributed by atoms with E-state index in [0.717, 1.165) is 17.0 Å². The Kier molecular flexibility index (Phi) is 3.17. The minimum absolute atomic E-state index is 0.0706. The van der Waals surface area contributed by atoms with Crippen LogP contribution in [-0.4, -0.2) is 29.0 Å². The van der Waals surface area contributed by atoms with Gasteiger partial charge in [-0.1, -0.05) is 0 Å². The molecule has 1 aliphatic rings. The Morgan fingerprint density at radius 2 is 2.00 bits per heavy atom. The van der Waals surface area contributed by atoms with Gasteiger partial charge in [0, 0.05) is 0 Å². The van der Waals surface area contributed by atoms with Crippen LogP contribution in [-0.2, 0) is 0 Å². The van der Waals surface area contributed by atoms with Gasteiger partial charge in [0.25, 0.3) is 0 Å². The van der Waals surface area contributed by atoms with E-state index in [1.165, 1.54) is 31.4 Å². The van der Waals surface area contributed by atoms with Crippen molar-refractivity contribution >= 4 is 31.7 Å². The number of hydrogen-bond donors (Lipinski definition) is 1. The molecule has 3 rings (SSSR count). The molecule has 0 saturated heterocycles. The Morgan fingerprint density at radius 1 is 1.18 bits per heavy atom. The first-order valence-corrected chi connectivity index (χ1v) is 7.84. The van der Waals surface area contributed by atoms with E-state index in [0.29, 0.717) is 6.04 Å². The molecule has 4 heteroatoms. The van der Waals surface area contributed by atoms with Crippen LogP contribution in [0.1, 0.15) is 32.6 Å². The fraction of sp³-hybridized carbons (Fsp3) is 0.538. The number of aromatic nitrogens is 2. The number of rotatable bonds is 2. The van der Waals surface area contributed by atoms with Crippen molar-refractivity contribution in [2.24, 2.45) is 5.92 Å². The third-order valence-corrected chi connectivity index (χ3v) is 4.80. The van der Waals surface area contributed by atoms with Gasteiger partial charge in [0.1, 0.15) is 0 Å². The van der Waals surface area contributed by atoms with Crippen LogP contribution in [0.5, 0.6) is 0 Å². The van der Waals surface area contributed by atoms with E-state index in [-0.39, 0.29) is 15.0 Å². The Bertz CT molecular complexity index is 500. The summed E-state index contributed by atoms with van der Waals surface area (Å²) in [4.78, 5) is 0. The van der Waals surface area contributed by atoms with Crippen molar-refractivity contribution in [3.63, 3.8) is 0 Å². The van der Waals surface area contributed by atoms with E-state index in [1.54, 1.807) is 0 Å². The van der Waals surface area contributed by atoms with E-state index < -0.39 is 0 Å². The molecule has 1 aliphatic carbocycles. The first-order valence-electron chi connectivity index (χ1n) is 6.31. The van der Waals surface area contributed by atoms with Crippen molar-refractivity contribution in [3.05, 3.63) is 18.2 Å². The second-order valence-corrected chi connectivity index (χ2v) is 6.15. The molecule has 3 nitrogen and oxygen atoms in total. The number of nitrogens with one attached hydrogen (secondary N) is 1. The molecule has 0 aliphatic heterocycles. The van der Waals surface area contributed by atoms with Crippen molar-refractivity contribution in [2.45, 2.75) is 38.6 Å². The fourth-order valence-electron chi connectivity index (χ4n) is 2.55. The third kappa shape index (κ3) is 2.38. The van der Waals surface area contributed by atoms with Crippen molar-refractivity contribution in [1.29, 1.82) is 0 Å². The Balaban J connectivity index is 1.78. The average molecular weight is 294 g/mol. The molecular weight excluding hydrogens is 277 g/mol. The predicted octanol–water partition coefficient (Wildman–Crippen LogP) is 2.68. The van der Waals surface area contributed by atoms with E-state index in [2.05, 4.69) is 38.4 Å². The van der Waals surface area contributed by atoms with Crippen LogP contribution in [0.25, 0.3) is 11.0 Å². The standard InChI is InChI=1S/C13H17N3Se/c1-9-5-7-10(8-6-9)14-11-3-2-4-12-13(11)16-17-15-12/h2-4,9-10,14H,5-8H2,1H3. The number of nitrogens with zero attached hydrogens (tertiary/aromatic N) is 2. The van der Waals surface area contributed by atoms with E-state index >= 15 is 0 Å². The molecule has 1 heterocycles. The van der Waals surface area contributed by atoms with Crippen LogP contribution in [0, 0.1) is 5.92 Å². The normalized spacial score (nSPS) is 25.0. The van der Waals surface area contributed by atoms with Gasteiger partial charge in [0.2, 0.25) is 0 Å². The van der Waals surface area contributed by atoms with Crippen molar-refractivity contribution in [3.8, 4) is 0 Å². The quantitative estimate of drug-likeness (QED) is 0.865. The summed E-state index contributed by atoms with van der Waals surface area (Å²) in [7, 11) is 0. The number of hydrogen-bond acceptors (Lipinski definition) is 3. The second kappa shape index (κ2) is 4.79. The Labute approximate surface area is 108 Å². The van der Waals surface area contributed by atoms with Gasteiger partial charge in [-0.15, -0.1) is 0 Å². The van der Waals surface area contributed by atoms with Crippen LogP contribution in [0.2, 0.25) is 0 Å². The topological polar surface area (TPSA) is 37.8 Å². The molecule has 0 unspecified atom stereocenters. The van der Waals surface area contributed by atoms with Crippen LogP contribution >= 0.6 is 0 Å². The van der Waals surface area contributed by atoms with Crippen LogP contribution in [0.15, 0.2) is 18.2 Å². The van der Waals surface area contributed by atoms with Gasteiger partial charge >= 0.3 is 108 Å². The molecule has 90 valence electrons. The zero-order chi connectivity index (χ0) is 11.7. The summed E-state index contributed by atoms with van der Waals surface area (Å²) in [6.07, 6.45) is 5.26. The number of anilines is 1. The average Bonchev–Trinajstić information content (AvgIpc) is 2.81. The summed E-state index contributed by atoms with van der Waals surface area (Å²) in [5, 5.41) is 3.66. The molecule has 1 N–H and O–H groups in total. The van der Waals surface area contributed by atoms with Gasteiger partial charge in [-0.05, 0) is 0 Å². The third-order valence-electron chi connectivity index (χ3n) is 3.66. The van der Waals surface area contributed by atoms with Gasteiger partial charge in [0.05, 0.1) is 0 Å². The molecule has 1 saturated carbocycles. The summed E-state index contributed by atoms with van der Waals surface area (Å²) in [6.45, 7) is 2.35. The Hall–Kier alpha value is -0.861. The van der Waals surface area contributed by atoms with Crippen LogP contribution in [0.4, 0.5) is 5.69 Å². The van der Waals surface area contributed by atoms with E-state index in [4.69, 9.17) is 0 Å². The maximum atomic E-state index is 4.51. The van der Waals surface area contributed by atoms with Gasteiger partial charge < -0.3 is 0 Å². The zero-order valence-corrected chi connectivity index (χ0v) is 11.7. The number of fused-ring (bicyclic) bond motifs is 1. The summed E-state index contributed by atoms with van der Waals surface area (Å²) >= 11 is 0.0706. The fourth-order valence-corrected chi connectivity index (χ4v) is 3.70. The Morgan fingerprint density at radius 3 is 2.82 bits per heavy atom. The van der Waals surface area contributed by atoms with Gasteiger partial charge in [-0.2, -0.15) is 0 Å².